The van der Waals surface area contributed by atoms with Crippen LogP contribution in [-0.4, -0.2) is 32.3 Å². The zero-order valence-electron chi connectivity index (χ0n) is 5.73. The predicted octanol–water partition coefficient (Wildman–Crippen LogP) is 3.64. The van der Waals surface area contributed by atoms with Crippen molar-refractivity contribution in [2.24, 2.45) is 0 Å². The Labute approximate surface area is 101 Å². The van der Waals surface area contributed by atoms with Gasteiger partial charge < -0.3 is 0 Å². The molecule has 0 amide bonds. The Morgan fingerprint density at radius 1 is 0.333 bits per heavy atom. The lowest BCUT2D eigenvalue weighted by Gasteiger charge is -2.37. The van der Waals surface area contributed by atoms with Crippen molar-refractivity contribution in [3.8, 4) is 0 Å². The molecule has 1 saturated carbocycles. The molecule has 0 aliphatic heterocycles. The quantitative estimate of drug-likeness (QED) is 0.598. The highest BCUT2D eigenvalue weighted by atomic mass is 35.5. The topological polar surface area (TPSA) is 0 Å². The molecule has 0 spiro atoms. The number of hydrogen-bond acceptors (Lipinski definition) is 0. The smallest absolute Gasteiger partial charge is 0.0693 e. The number of alkyl halides is 6. The van der Waals surface area contributed by atoms with Crippen LogP contribution in [0.2, 0.25) is 0 Å². The SMILES string of the molecule is Cl[C@H]1[C@@H](Cl)[C@@H](Cl)[C@@H](Cl)[C@@H](Cl)[C@H]1Cl. The van der Waals surface area contributed by atoms with Crippen molar-refractivity contribution < 1.29 is 0 Å². The molecule has 72 valence electrons. The van der Waals surface area contributed by atoms with Crippen LogP contribution in [0, 0.1) is 0 Å². The van der Waals surface area contributed by atoms with Crippen LogP contribution in [0.15, 0.2) is 0 Å². The van der Waals surface area contributed by atoms with Gasteiger partial charge in [0.1, 0.15) is 0 Å². The van der Waals surface area contributed by atoms with Crippen molar-refractivity contribution in [3.05, 3.63) is 0 Å². The molecule has 0 N–H and O–H groups in total. The molecule has 1 fully saturated rings. The number of halogens is 6. The summed E-state index contributed by atoms with van der Waals surface area (Å²) in [5.41, 5.74) is 0. The third kappa shape index (κ3) is 2.04. The average Bonchev–Trinajstić information content (AvgIpc) is 2.08. The minimum absolute atomic E-state index is 0.437. The molecule has 0 nitrogen and oxygen atoms in total. The maximum atomic E-state index is 5.88. The maximum Gasteiger partial charge on any atom is 0.0693 e. The fourth-order valence-electron chi connectivity index (χ4n) is 1.05. The molecule has 1 aliphatic carbocycles. The third-order valence-corrected chi connectivity index (χ3v) is 5.86. The molecule has 0 aromatic carbocycles. The molecule has 0 aromatic rings. The molecular weight excluding hydrogens is 285 g/mol. The van der Waals surface area contributed by atoms with Gasteiger partial charge in [0.2, 0.25) is 0 Å². The molecule has 0 atom stereocenters. The van der Waals surface area contributed by atoms with E-state index in [0.717, 1.165) is 0 Å². The maximum absolute atomic E-state index is 5.88. The van der Waals surface area contributed by atoms with Crippen molar-refractivity contribution in [2.45, 2.75) is 32.3 Å². The molecule has 0 unspecified atom stereocenters. The Hall–Kier alpha value is 1.74. The second kappa shape index (κ2) is 4.51. The van der Waals surface area contributed by atoms with Gasteiger partial charge in [-0.05, 0) is 0 Å². The molecule has 0 saturated heterocycles. The third-order valence-electron chi connectivity index (χ3n) is 1.83. The highest BCUT2D eigenvalue weighted by Gasteiger charge is 2.46. The zero-order chi connectivity index (χ0) is 9.46. The molecule has 0 bridgehead atoms. The van der Waals surface area contributed by atoms with Crippen LogP contribution in [-0.2, 0) is 0 Å². The van der Waals surface area contributed by atoms with E-state index in [0.29, 0.717) is 0 Å². The second-order valence-corrected chi connectivity index (χ2v) is 5.69. The summed E-state index contributed by atoms with van der Waals surface area (Å²) in [5, 5.41) is -2.62. The molecule has 0 aromatic heterocycles. The van der Waals surface area contributed by atoms with Gasteiger partial charge in [-0.25, -0.2) is 0 Å². The lowest BCUT2D eigenvalue weighted by atomic mass is 9.97. The van der Waals surface area contributed by atoms with E-state index in [1.165, 1.54) is 0 Å². The van der Waals surface area contributed by atoms with E-state index in [2.05, 4.69) is 0 Å². The van der Waals surface area contributed by atoms with Gasteiger partial charge in [-0.1, -0.05) is 0 Å². The summed E-state index contributed by atoms with van der Waals surface area (Å²) in [6.07, 6.45) is 0. The first-order chi connectivity index (χ1) is 5.46. The summed E-state index contributed by atoms with van der Waals surface area (Å²) in [5.74, 6) is 0. The summed E-state index contributed by atoms with van der Waals surface area (Å²) < 4.78 is 0. The molecule has 0 radical (unpaired) electrons. The lowest BCUT2D eigenvalue weighted by molar-refractivity contribution is 0.544. The van der Waals surface area contributed by atoms with Gasteiger partial charge in [0.15, 0.2) is 0 Å². The molecular formula is C6H6Cl6. The zero-order valence-corrected chi connectivity index (χ0v) is 10.3. The summed E-state index contributed by atoms with van der Waals surface area (Å²) in [6, 6.07) is 0. The Morgan fingerprint density at radius 3 is 0.500 bits per heavy atom. The van der Waals surface area contributed by atoms with Crippen molar-refractivity contribution >= 4 is 69.6 Å². The van der Waals surface area contributed by atoms with Crippen molar-refractivity contribution in [2.75, 3.05) is 0 Å². The van der Waals surface area contributed by atoms with E-state index in [4.69, 9.17) is 69.6 Å². The summed E-state index contributed by atoms with van der Waals surface area (Å²) >= 11 is 35.3. The normalized spacial score (nSPS) is 55.5. The average molecular weight is 291 g/mol. The van der Waals surface area contributed by atoms with Gasteiger partial charge in [-0.3, -0.25) is 0 Å². The molecule has 6 heteroatoms. The molecule has 12 heavy (non-hydrogen) atoms. The first-order valence-electron chi connectivity index (χ1n) is 3.31. The van der Waals surface area contributed by atoms with Crippen LogP contribution in [0.5, 0.6) is 0 Å². The standard InChI is InChI=1S/C6H6Cl6/c7-1-2(8)4(10)6(12)5(11)3(1)9/h1-6H/t1-,2+,3-,4+,5-,6+. The minimum Gasteiger partial charge on any atom is -0.120 e. The first-order valence-corrected chi connectivity index (χ1v) is 5.93. The van der Waals surface area contributed by atoms with Gasteiger partial charge in [-0.2, -0.15) is 0 Å². The fourth-order valence-corrected chi connectivity index (χ4v) is 3.38. The van der Waals surface area contributed by atoms with E-state index in [1.807, 2.05) is 0 Å². The molecule has 1 aliphatic rings. The van der Waals surface area contributed by atoms with Crippen molar-refractivity contribution in [1.82, 2.24) is 0 Å². The minimum atomic E-state index is -0.437. The summed E-state index contributed by atoms with van der Waals surface area (Å²) in [6.45, 7) is 0. The molecule has 0 heterocycles. The van der Waals surface area contributed by atoms with Crippen LogP contribution in [0.3, 0.4) is 0 Å². The summed E-state index contributed by atoms with van der Waals surface area (Å²) in [7, 11) is 0. The van der Waals surface area contributed by atoms with E-state index in [1.54, 1.807) is 0 Å². The highest BCUT2D eigenvalue weighted by molar-refractivity contribution is 6.45. The van der Waals surface area contributed by atoms with E-state index in [-0.39, 0.29) is 0 Å². The molecule has 1 rings (SSSR count). The second-order valence-electron chi connectivity index (χ2n) is 2.67. The van der Waals surface area contributed by atoms with Crippen LogP contribution < -0.4 is 0 Å². The van der Waals surface area contributed by atoms with Crippen LogP contribution in [0.4, 0.5) is 0 Å². The first kappa shape index (κ1) is 11.8. The largest absolute Gasteiger partial charge is 0.120 e. The number of hydrogen-bond donors (Lipinski definition) is 0. The Bertz CT molecular complexity index is 104. The van der Waals surface area contributed by atoms with Gasteiger partial charge in [0.25, 0.3) is 0 Å². The van der Waals surface area contributed by atoms with E-state index < -0.39 is 32.3 Å². The highest BCUT2D eigenvalue weighted by Crippen LogP contribution is 2.39. The summed E-state index contributed by atoms with van der Waals surface area (Å²) in [4.78, 5) is 0. The van der Waals surface area contributed by atoms with E-state index in [9.17, 15) is 0 Å². The monoisotopic (exact) mass is 288 g/mol. The van der Waals surface area contributed by atoms with Crippen LogP contribution >= 0.6 is 69.6 Å². The van der Waals surface area contributed by atoms with Crippen molar-refractivity contribution in [3.63, 3.8) is 0 Å². The van der Waals surface area contributed by atoms with Crippen molar-refractivity contribution in [1.29, 1.82) is 0 Å². The lowest BCUT2D eigenvalue weighted by Crippen LogP contribution is -2.52. The Balaban J connectivity index is 2.76. The predicted molar refractivity (Wildman–Crippen MR) is 57.8 cm³/mol. The Morgan fingerprint density at radius 2 is 0.417 bits per heavy atom. The van der Waals surface area contributed by atoms with E-state index >= 15 is 0 Å². The van der Waals surface area contributed by atoms with Gasteiger partial charge in [0, 0.05) is 0 Å². The van der Waals surface area contributed by atoms with Crippen LogP contribution in [0.25, 0.3) is 0 Å². The Kier molecular flexibility index (Phi) is 4.44. The van der Waals surface area contributed by atoms with Gasteiger partial charge in [0.05, 0.1) is 32.3 Å². The van der Waals surface area contributed by atoms with Gasteiger partial charge in [-0.15, -0.1) is 69.6 Å². The fraction of sp³-hybridized carbons (Fsp3) is 1.00. The van der Waals surface area contributed by atoms with Gasteiger partial charge >= 0.3 is 0 Å². The van der Waals surface area contributed by atoms with Crippen LogP contribution in [0.1, 0.15) is 0 Å². The number of rotatable bonds is 0.